The highest BCUT2D eigenvalue weighted by atomic mass is 16.4. The number of aliphatic carboxylic acids is 1. The van der Waals surface area contributed by atoms with Gasteiger partial charge < -0.3 is 10.0 Å². The SMILES string of the molecule is CCN(CCC(=O)O)C(=O)c1c(C)n[nH]c1C. The molecule has 0 atom stereocenters. The van der Waals surface area contributed by atoms with E-state index in [-0.39, 0.29) is 18.9 Å². The molecule has 0 spiro atoms. The van der Waals surface area contributed by atoms with E-state index < -0.39 is 5.97 Å². The van der Waals surface area contributed by atoms with E-state index in [4.69, 9.17) is 5.11 Å². The lowest BCUT2D eigenvalue weighted by Gasteiger charge is -2.20. The Balaban J connectivity index is 2.83. The van der Waals surface area contributed by atoms with Crippen molar-refractivity contribution in [2.75, 3.05) is 13.1 Å². The third-order valence-corrected chi connectivity index (χ3v) is 2.61. The Morgan fingerprint density at radius 1 is 1.41 bits per heavy atom. The third-order valence-electron chi connectivity index (χ3n) is 2.61. The molecule has 1 amide bonds. The second kappa shape index (κ2) is 5.47. The van der Waals surface area contributed by atoms with Gasteiger partial charge >= 0.3 is 5.97 Å². The summed E-state index contributed by atoms with van der Waals surface area (Å²) in [6.45, 7) is 6.05. The van der Waals surface area contributed by atoms with Crippen molar-refractivity contribution in [3.63, 3.8) is 0 Å². The molecule has 0 aliphatic rings. The van der Waals surface area contributed by atoms with Gasteiger partial charge in [0, 0.05) is 18.8 Å². The van der Waals surface area contributed by atoms with Gasteiger partial charge in [-0.2, -0.15) is 5.10 Å². The Hall–Kier alpha value is -1.85. The van der Waals surface area contributed by atoms with Crippen LogP contribution in [0.2, 0.25) is 0 Å². The molecule has 0 aliphatic heterocycles. The fourth-order valence-electron chi connectivity index (χ4n) is 1.66. The molecule has 0 unspecified atom stereocenters. The molecule has 0 radical (unpaired) electrons. The Kier molecular flexibility index (Phi) is 4.25. The molecule has 0 saturated heterocycles. The summed E-state index contributed by atoms with van der Waals surface area (Å²) >= 11 is 0. The van der Waals surface area contributed by atoms with Crippen molar-refractivity contribution in [2.45, 2.75) is 27.2 Å². The lowest BCUT2D eigenvalue weighted by molar-refractivity contribution is -0.137. The fraction of sp³-hybridized carbons (Fsp3) is 0.545. The van der Waals surface area contributed by atoms with Gasteiger partial charge in [-0.1, -0.05) is 0 Å². The fourth-order valence-corrected chi connectivity index (χ4v) is 1.66. The Morgan fingerprint density at radius 2 is 2.06 bits per heavy atom. The number of hydrogen-bond acceptors (Lipinski definition) is 3. The van der Waals surface area contributed by atoms with Crippen LogP contribution >= 0.6 is 0 Å². The average molecular weight is 239 g/mol. The van der Waals surface area contributed by atoms with Crippen molar-refractivity contribution in [3.8, 4) is 0 Å². The maximum absolute atomic E-state index is 12.2. The zero-order valence-electron chi connectivity index (χ0n) is 10.3. The topological polar surface area (TPSA) is 86.3 Å². The molecule has 6 heteroatoms. The van der Waals surface area contributed by atoms with Crippen LogP contribution in [0.15, 0.2) is 0 Å². The van der Waals surface area contributed by atoms with Gasteiger partial charge in [0.15, 0.2) is 0 Å². The lowest BCUT2D eigenvalue weighted by Crippen LogP contribution is -2.33. The Labute approximate surface area is 99.6 Å². The number of aryl methyl sites for hydroxylation is 2. The van der Waals surface area contributed by atoms with E-state index in [1.807, 2.05) is 6.92 Å². The molecule has 1 aromatic heterocycles. The monoisotopic (exact) mass is 239 g/mol. The first-order chi connectivity index (χ1) is 7.97. The molecule has 0 fully saturated rings. The number of carbonyl (C=O) groups is 2. The first kappa shape index (κ1) is 13.2. The van der Waals surface area contributed by atoms with Crippen molar-refractivity contribution < 1.29 is 14.7 Å². The van der Waals surface area contributed by atoms with E-state index in [0.29, 0.717) is 23.5 Å². The zero-order chi connectivity index (χ0) is 13.0. The summed E-state index contributed by atoms with van der Waals surface area (Å²) in [6.07, 6.45) is -0.0461. The maximum Gasteiger partial charge on any atom is 0.305 e. The summed E-state index contributed by atoms with van der Waals surface area (Å²) in [5.74, 6) is -1.07. The van der Waals surface area contributed by atoms with Gasteiger partial charge in [0.25, 0.3) is 5.91 Å². The quantitative estimate of drug-likeness (QED) is 0.801. The largest absolute Gasteiger partial charge is 0.481 e. The molecular weight excluding hydrogens is 222 g/mol. The van der Waals surface area contributed by atoms with Gasteiger partial charge in [0.2, 0.25) is 0 Å². The van der Waals surface area contributed by atoms with Crippen molar-refractivity contribution in [1.29, 1.82) is 0 Å². The first-order valence-corrected chi connectivity index (χ1v) is 5.50. The summed E-state index contributed by atoms with van der Waals surface area (Å²) in [7, 11) is 0. The maximum atomic E-state index is 12.2. The molecule has 17 heavy (non-hydrogen) atoms. The van der Waals surface area contributed by atoms with E-state index in [1.54, 1.807) is 13.8 Å². The zero-order valence-corrected chi connectivity index (χ0v) is 10.3. The predicted molar refractivity (Wildman–Crippen MR) is 61.9 cm³/mol. The molecule has 0 bridgehead atoms. The van der Waals surface area contributed by atoms with Crippen LogP contribution in [0.5, 0.6) is 0 Å². The number of aromatic amines is 1. The molecule has 0 aromatic carbocycles. The van der Waals surface area contributed by atoms with Gasteiger partial charge in [-0.05, 0) is 20.8 Å². The van der Waals surface area contributed by atoms with E-state index in [1.165, 1.54) is 4.90 Å². The van der Waals surface area contributed by atoms with E-state index in [2.05, 4.69) is 10.2 Å². The van der Waals surface area contributed by atoms with Gasteiger partial charge in [-0.25, -0.2) is 0 Å². The summed E-state index contributed by atoms with van der Waals surface area (Å²) in [6, 6.07) is 0. The van der Waals surface area contributed by atoms with E-state index in [9.17, 15) is 9.59 Å². The van der Waals surface area contributed by atoms with Crippen LogP contribution in [-0.2, 0) is 4.79 Å². The summed E-state index contributed by atoms with van der Waals surface area (Å²) in [5.41, 5.74) is 1.89. The molecule has 0 saturated carbocycles. The van der Waals surface area contributed by atoms with E-state index >= 15 is 0 Å². The van der Waals surface area contributed by atoms with E-state index in [0.717, 1.165) is 0 Å². The van der Waals surface area contributed by atoms with Crippen LogP contribution in [0.25, 0.3) is 0 Å². The predicted octanol–water partition coefficient (Wildman–Crippen LogP) is 0.963. The summed E-state index contributed by atoms with van der Waals surface area (Å²) < 4.78 is 0. The highest BCUT2D eigenvalue weighted by Gasteiger charge is 2.20. The minimum atomic E-state index is -0.906. The molecule has 6 nitrogen and oxygen atoms in total. The van der Waals surface area contributed by atoms with Crippen LogP contribution in [-0.4, -0.2) is 45.2 Å². The number of rotatable bonds is 5. The number of aromatic nitrogens is 2. The molecule has 1 rings (SSSR count). The second-order valence-corrected chi connectivity index (χ2v) is 3.84. The van der Waals surface area contributed by atoms with Crippen LogP contribution in [0.4, 0.5) is 0 Å². The number of hydrogen-bond donors (Lipinski definition) is 2. The van der Waals surface area contributed by atoms with Crippen molar-refractivity contribution in [3.05, 3.63) is 17.0 Å². The number of amides is 1. The normalized spacial score (nSPS) is 10.3. The van der Waals surface area contributed by atoms with Gasteiger partial charge in [-0.3, -0.25) is 14.7 Å². The standard InChI is InChI=1S/C11H17N3O3/c1-4-14(6-5-9(15)16)11(17)10-7(2)12-13-8(10)3/h4-6H2,1-3H3,(H,12,13)(H,15,16). The summed E-state index contributed by atoms with van der Waals surface area (Å²) in [4.78, 5) is 24.2. The van der Waals surface area contributed by atoms with Crippen LogP contribution in [0.1, 0.15) is 35.1 Å². The number of nitrogens with zero attached hydrogens (tertiary/aromatic N) is 2. The highest BCUT2D eigenvalue weighted by Crippen LogP contribution is 2.12. The molecule has 94 valence electrons. The third kappa shape index (κ3) is 3.05. The smallest absolute Gasteiger partial charge is 0.305 e. The Morgan fingerprint density at radius 3 is 2.47 bits per heavy atom. The average Bonchev–Trinajstić information content (AvgIpc) is 2.58. The molecule has 2 N–H and O–H groups in total. The Bertz CT molecular complexity index is 406. The number of carboxylic acid groups (broad SMARTS) is 1. The minimum Gasteiger partial charge on any atom is -0.481 e. The molecule has 0 aliphatic carbocycles. The van der Waals surface area contributed by atoms with Gasteiger partial charge in [-0.15, -0.1) is 0 Å². The number of carbonyl (C=O) groups excluding carboxylic acids is 1. The van der Waals surface area contributed by atoms with Crippen LogP contribution in [0.3, 0.4) is 0 Å². The van der Waals surface area contributed by atoms with Crippen molar-refractivity contribution in [1.82, 2.24) is 15.1 Å². The van der Waals surface area contributed by atoms with Gasteiger partial charge in [0.05, 0.1) is 17.7 Å². The summed E-state index contributed by atoms with van der Waals surface area (Å²) in [5, 5.41) is 15.3. The highest BCUT2D eigenvalue weighted by molar-refractivity contribution is 5.96. The number of nitrogens with one attached hydrogen (secondary N) is 1. The number of carboxylic acids is 1. The lowest BCUT2D eigenvalue weighted by atomic mass is 10.1. The second-order valence-electron chi connectivity index (χ2n) is 3.84. The molecule has 1 aromatic rings. The van der Waals surface area contributed by atoms with Gasteiger partial charge in [0.1, 0.15) is 0 Å². The first-order valence-electron chi connectivity index (χ1n) is 5.50. The van der Waals surface area contributed by atoms with Crippen molar-refractivity contribution in [2.24, 2.45) is 0 Å². The molecular formula is C11H17N3O3. The van der Waals surface area contributed by atoms with Crippen LogP contribution < -0.4 is 0 Å². The minimum absolute atomic E-state index is 0.0461. The van der Waals surface area contributed by atoms with Crippen molar-refractivity contribution >= 4 is 11.9 Å². The molecule has 1 heterocycles. The number of H-pyrrole nitrogens is 1. The van der Waals surface area contributed by atoms with Crippen LogP contribution in [0, 0.1) is 13.8 Å².